The number of thioether (sulfide) groups is 1. The predicted molar refractivity (Wildman–Crippen MR) is 76.6 cm³/mol. The summed E-state index contributed by atoms with van der Waals surface area (Å²) in [5.74, 6) is -0.373. The van der Waals surface area contributed by atoms with Crippen LogP contribution in [0.15, 0.2) is 0 Å². The van der Waals surface area contributed by atoms with E-state index in [0.717, 1.165) is 6.26 Å². The van der Waals surface area contributed by atoms with Crippen molar-refractivity contribution >= 4 is 27.5 Å². The molecule has 0 aromatic heterocycles. The van der Waals surface area contributed by atoms with Crippen LogP contribution in [0.1, 0.15) is 26.7 Å². The number of hydrogen-bond acceptors (Lipinski definition) is 5. The zero-order chi connectivity index (χ0) is 14.9. The monoisotopic (exact) mass is 304 g/mol. The number of sulfone groups is 1. The summed E-state index contributed by atoms with van der Waals surface area (Å²) in [5.41, 5.74) is 0. The number of nitriles is 1. The highest BCUT2D eigenvalue weighted by molar-refractivity contribution is 8.00. The number of carbonyl (C=O) groups is 1. The van der Waals surface area contributed by atoms with Gasteiger partial charge in [0.1, 0.15) is 9.49 Å². The van der Waals surface area contributed by atoms with E-state index in [1.54, 1.807) is 4.90 Å². The third-order valence-corrected chi connectivity index (χ3v) is 7.20. The van der Waals surface area contributed by atoms with E-state index in [9.17, 15) is 18.5 Å². The molecule has 0 spiro atoms. The van der Waals surface area contributed by atoms with Gasteiger partial charge in [0.15, 0.2) is 9.84 Å². The Labute approximate surface area is 119 Å². The minimum absolute atomic E-state index is 0.373. The normalized spacial score (nSPS) is 19.8. The fourth-order valence-electron chi connectivity index (χ4n) is 1.97. The Kier molecular flexibility index (Phi) is 4.58. The second-order valence-corrected chi connectivity index (χ2v) is 9.14. The summed E-state index contributed by atoms with van der Waals surface area (Å²) in [6.45, 7) is 3.75. The van der Waals surface area contributed by atoms with E-state index >= 15 is 0 Å². The molecule has 19 heavy (non-hydrogen) atoms. The van der Waals surface area contributed by atoms with Gasteiger partial charge in [0.25, 0.3) is 0 Å². The summed E-state index contributed by atoms with van der Waals surface area (Å²) in [4.78, 5) is 13.9. The van der Waals surface area contributed by atoms with Crippen molar-refractivity contribution in [2.45, 2.75) is 36.2 Å². The van der Waals surface area contributed by atoms with Gasteiger partial charge in [-0.3, -0.25) is 4.79 Å². The first-order valence-corrected chi connectivity index (χ1v) is 9.17. The molecular formula is C12H20N2O3S2. The molecule has 0 aliphatic carbocycles. The van der Waals surface area contributed by atoms with Crippen LogP contribution in [-0.2, 0) is 14.6 Å². The van der Waals surface area contributed by atoms with Crippen LogP contribution in [0.25, 0.3) is 0 Å². The maximum atomic E-state index is 12.3. The average molecular weight is 304 g/mol. The number of carbonyl (C=O) groups excluding carboxylic acids is 1. The molecule has 0 unspecified atom stereocenters. The maximum Gasteiger partial charge on any atom is 0.243 e. The molecule has 7 heteroatoms. The molecular weight excluding hydrogens is 284 g/mol. The summed E-state index contributed by atoms with van der Waals surface area (Å²) in [5, 5.41) is 9.19. The summed E-state index contributed by atoms with van der Waals surface area (Å²) >= 11 is 1.50. The topological polar surface area (TPSA) is 78.2 Å². The smallest absolute Gasteiger partial charge is 0.243 e. The number of rotatable bonds is 3. The van der Waals surface area contributed by atoms with Gasteiger partial charge < -0.3 is 4.90 Å². The van der Waals surface area contributed by atoms with Gasteiger partial charge >= 0.3 is 0 Å². The zero-order valence-electron chi connectivity index (χ0n) is 11.8. The molecule has 108 valence electrons. The first-order chi connectivity index (χ1) is 8.59. The summed E-state index contributed by atoms with van der Waals surface area (Å²) in [7, 11) is -3.45. The zero-order valence-corrected chi connectivity index (χ0v) is 13.4. The van der Waals surface area contributed by atoms with Crippen molar-refractivity contribution in [1.29, 1.82) is 5.26 Å². The molecule has 0 atom stereocenters. The lowest BCUT2D eigenvalue weighted by Gasteiger charge is -2.39. The third-order valence-electron chi connectivity index (χ3n) is 3.89. The molecule has 0 aromatic rings. The van der Waals surface area contributed by atoms with Crippen molar-refractivity contribution in [1.82, 2.24) is 4.90 Å². The van der Waals surface area contributed by atoms with Crippen molar-refractivity contribution in [3.63, 3.8) is 0 Å². The van der Waals surface area contributed by atoms with Gasteiger partial charge in [-0.15, -0.1) is 11.8 Å². The lowest BCUT2D eigenvalue weighted by molar-refractivity contribution is -0.134. The molecule has 1 fully saturated rings. The van der Waals surface area contributed by atoms with Gasteiger partial charge in [0, 0.05) is 19.3 Å². The fraction of sp³-hybridized carbons (Fsp3) is 0.833. The van der Waals surface area contributed by atoms with E-state index in [0.29, 0.717) is 25.9 Å². The summed E-state index contributed by atoms with van der Waals surface area (Å²) < 4.78 is 21.5. The molecule has 1 aliphatic heterocycles. The van der Waals surface area contributed by atoms with E-state index in [-0.39, 0.29) is 5.91 Å². The van der Waals surface area contributed by atoms with E-state index in [4.69, 9.17) is 0 Å². The highest BCUT2D eigenvalue weighted by Crippen LogP contribution is 2.34. The van der Waals surface area contributed by atoms with E-state index in [1.165, 1.54) is 25.6 Å². The highest BCUT2D eigenvalue weighted by atomic mass is 32.2. The molecule has 1 amide bonds. The molecule has 1 saturated heterocycles. The Balaban J connectivity index is 2.83. The van der Waals surface area contributed by atoms with E-state index < -0.39 is 19.3 Å². The van der Waals surface area contributed by atoms with Crippen molar-refractivity contribution in [3.05, 3.63) is 0 Å². The van der Waals surface area contributed by atoms with Gasteiger partial charge in [-0.1, -0.05) is 0 Å². The highest BCUT2D eigenvalue weighted by Gasteiger charge is 2.44. The molecule has 0 N–H and O–H groups in total. The lowest BCUT2D eigenvalue weighted by Crippen LogP contribution is -2.53. The molecule has 0 aromatic carbocycles. The minimum atomic E-state index is -3.45. The summed E-state index contributed by atoms with van der Waals surface area (Å²) in [6, 6.07) is 2.30. The number of likely N-dealkylation sites (tertiary alicyclic amines) is 1. The van der Waals surface area contributed by atoms with Crippen LogP contribution in [0.3, 0.4) is 0 Å². The van der Waals surface area contributed by atoms with Gasteiger partial charge in [0.05, 0.1) is 6.07 Å². The van der Waals surface area contributed by atoms with E-state index in [2.05, 4.69) is 6.07 Å². The molecule has 1 rings (SSSR count). The van der Waals surface area contributed by atoms with Crippen LogP contribution in [0.4, 0.5) is 0 Å². The first-order valence-electron chi connectivity index (χ1n) is 6.05. The largest absolute Gasteiger partial charge is 0.341 e. The van der Waals surface area contributed by atoms with Gasteiger partial charge in [-0.2, -0.15) is 5.26 Å². The number of amides is 1. The van der Waals surface area contributed by atoms with Crippen LogP contribution in [0, 0.1) is 11.3 Å². The minimum Gasteiger partial charge on any atom is -0.341 e. The fourth-order valence-corrected chi connectivity index (χ4v) is 3.10. The summed E-state index contributed by atoms with van der Waals surface area (Å²) in [6.07, 6.45) is 4.13. The Bertz CT molecular complexity index is 498. The number of hydrogen-bond donors (Lipinski definition) is 0. The standard InChI is InChI=1S/C12H20N2O3S2/c1-11(2,19(4,16)17)10(15)14-7-5-12(9-13,18-3)6-8-14/h5-8H2,1-4H3. The maximum absolute atomic E-state index is 12.3. The molecule has 1 heterocycles. The second kappa shape index (κ2) is 5.33. The molecule has 0 radical (unpaired) electrons. The van der Waals surface area contributed by atoms with Crippen molar-refractivity contribution in [3.8, 4) is 6.07 Å². The molecule has 1 aliphatic rings. The average Bonchev–Trinajstić information content (AvgIpc) is 2.36. The van der Waals surface area contributed by atoms with Crippen LogP contribution in [0.5, 0.6) is 0 Å². The second-order valence-electron chi connectivity index (χ2n) is 5.38. The van der Waals surface area contributed by atoms with Gasteiger partial charge in [-0.25, -0.2) is 8.42 Å². The van der Waals surface area contributed by atoms with Crippen LogP contribution in [0.2, 0.25) is 0 Å². The third kappa shape index (κ3) is 3.06. The quantitative estimate of drug-likeness (QED) is 0.779. The van der Waals surface area contributed by atoms with Gasteiger partial charge in [-0.05, 0) is 32.9 Å². The molecule has 0 bridgehead atoms. The van der Waals surface area contributed by atoms with Crippen LogP contribution in [-0.4, -0.2) is 54.3 Å². The molecule has 0 saturated carbocycles. The number of piperidine rings is 1. The Morgan fingerprint density at radius 1 is 1.37 bits per heavy atom. The van der Waals surface area contributed by atoms with Crippen molar-refractivity contribution < 1.29 is 13.2 Å². The molecule has 5 nitrogen and oxygen atoms in total. The Morgan fingerprint density at radius 2 is 1.84 bits per heavy atom. The predicted octanol–water partition coefficient (Wildman–Crippen LogP) is 1.06. The van der Waals surface area contributed by atoms with Crippen molar-refractivity contribution in [2.75, 3.05) is 25.6 Å². The first kappa shape index (κ1) is 16.3. The number of nitrogens with zero attached hydrogens (tertiary/aromatic N) is 2. The van der Waals surface area contributed by atoms with Crippen LogP contribution < -0.4 is 0 Å². The Morgan fingerprint density at radius 3 is 2.16 bits per heavy atom. The van der Waals surface area contributed by atoms with Crippen LogP contribution >= 0.6 is 11.8 Å². The van der Waals surface area contributed by atoms with Crippen molar-refractivity contribution in [2.24, 2.45) is 0 Å². The Hall–Kier alpha value is -0.740. The lowest BCUT2D eigenvalue weighted by atomic mass is 9.96. The van der Waals surface area contributed by atoms with Gasteiger partial charge in [0.2, 0.25) is 5.91 Å². The SMILES string of the molecule is CSC1(C#N)CCN(C(=O)C(C)(C)S(C)(=O)=O)CC1. The van der Waals surface area contributed by atoms with E-state index in [1.807, 2.05) is 6.26 Å².